The Morgan fingerprint density at radius 1 is 1.23 bits per heavy atom. The molecule has 0 aliphatic heterocycles. The molecule has 13 heavy (non-hydrogen) atoms. The Kier molecular flexibility index (Phi) is 4.19. The maximum absolute atomic E-state index is 5.98. The maximum Gasteiger partial charge on any atom is 0.0130 e. The fraction of sp³-hybridized carbons (Fsp3) is 0.455. The maximum atomic E-state index is 5.98. The highest BCUT2D eigenvalue weighted by molar-refractivity contribution is 14.1. The third-order valence-corrected chi connectivity index (χ3v) is 2.96. The van der Waals surface area contributed by atoms with Crippen molar-refractivity contribution in [2.45, 2.75) is 26.3 Å². The summed E-state index contributed by atoms with van der Waals surface area (Å²) in [5.41, 5.74) is 7.32. The number of hydrogen-bond acceptors (Lipinski definition) is 1. The van der Waals surface area contributed by atoms with Gasteiger partial charge in [-0.3, -0.25) is 0 Å². The molecule has 0 fully saturated rings. The van der Waals surface area contributed by atoms with Crippen LogP contribution >= 0.6 is 22.6 Å². The molecule has 0 aliphatic carbocycles. The van der Waals surface area contributed by atoms with Gasteiger partial charge in [0.1, 0.15) is 0 Å². The average Bonchev–Trinajstić information content (AvgIpc) is 2.08. The van der Waals surface area contributed by atoms with Crippen LogP contribution < -0.4 is 5.73 Å². The molecule has 0 amide bonds. The number of rotatable bonds is 3. The lowest BCUT2D eigenvalue weighted by Gasteiger charge is -2.15. The van der Waals surface area contributed by atoms with Crippen molar-refractivity contribution in [1.29, 1.82) is 0 Å². The second-order valence-corrected chi connectivity index (χ2v) is 4.98. The summed E-state index contributed by atoms with van der Waals surface area (Å²) < 4.78 is 1.28. The molecule has 0 heterocycles. The van der Waals surface area contributed by atoms with Crippen molar-refractivity contribution in [3.63, 3.8) is 0 Å². The van der Waals surface area contributed by atoms with Gasteiger partial charge in [-0.1, -0.05) is 26.0 Å². The Hall–Kier alpha value is -0.0900. The Balaban J connectivity index is 2.59. The standard InChI is InChI=1S/C11H16IN/c1-8(2)11(13)7-9-3-5-10(12)6-4-9/h3-6,8,11H,7,13H2,1-2H3. The molecule has 1 atom stereocenters. The number of nitrogens with two attached hydrogens (primary N) is 1. The van der Waals surface area contributed by atoms with Crippen molar-refractivity contribution < 1.29 is 0 Å². The van der Waals surface area contributed by atoms with Gasteiger partial charge in [-0.25, -0.2) is 0 Å². The van der Waals surface area contributed by atoms with Gasteiger partial charge >= 0.3 is 0 Å². The Morgan fingerprint density at radius 3 is 2.23 bits per heavy atom. The first-order valence-electron chi connectivity index (χ1n) is 4.59. The fourth-order valence-electron chi connectivity index (χ4n) is 1.13. The molecule has 1 rings (SSSR count). The van der Waals surface area contributed by atoms with Crippen LogP contribution in [0.25, 0.3) is 0 Å². The minimum atomic E-state index is 0.278. The lowest BCUT2D eigenvalue weighted by atomic mass is 9.98. The molecule has 0 saturated carbocycles. The smallest absolute Gasteiger partial charge is 0.0130 e. The van der Waals surface area contributed by atoms with Crippen molar-refractivity contribution in [3.05, 3.63) is 33.4 Å². The van der Waals surface area contributed by atoms with E-state index >= 15 is 0 Å². The molecule has 1 nitrogen and oxygen atoms in total. The zero-order valence-electron chi connectivity index (χ0n) is 8.13. The van der Waals surface area contributed by atoms with Gasteiger partial charge in [0.2, 0.25) is 0 Å². The number of hydrogen-bond donors (Lipinski definition) is 1. The van der Waals surface area contributed by atoms with Crippen LogP contribution in [0.1, 0.15) is 19.4 Å². The summed E-state index contributed by atoms with van der Waals surface area (Å²) in [7, 11) is 0. The highest BCUT2D eigenvalue weighted by Gasteiger charge is 2.07. The summed E-state index contributed by atoms with van der Waals surface area (Å²) in [5.74, 6) is 0.555. The van der Waals surface area contributed by atoms with Crippen LogP contribution in [0.2, 0.25) is 0 Å². The summed E-state index contributed by atoms with van der Waals surface area (Å²) in [6.45, 7) is 4.33. The Morgan fingerprint density at radius 2 is 1.77 bits per heavy atom. The van der Waals surface area contributed by atoms with Crippen LogP contribution in [0, 0.1) is 9.49 Å². The van der Waals surface area contributed by atoms with Crippen LogP contribution in [0.15, 0.2) is 24.3 Å². The van der Waals surface area contributed by atoms with Crippen molar-refractivity contribution in [2.75, 3.05) is 0 Å². The lowest BCUT2D eigenvalue weighted by Crippen LogP contribution is -2.28. The monoisotopic (exact) mass is 289 g/mol. The molecule has 0 radical (unpaired) electrons. The average molecular weight is 289 g/mol. The van der Waals surface area contributed by atoms with E-state index in [1.165, 1.54) is 9.13 Å². The molecule has 72 valence electrons. The molecule has 2 heteroatoms. The zero-order chi connectivity index (χ0) is 9.84. The van der Waals surface area contributed by atoms with Crippen LogP contribution in [0.5, 0.6) is 0 Å². The van der Waals surface area contributed by atoms with Crippen LogP contribution in [-0.2, 0) is 6.42 Å². The predicted octanol–water partition coefficient (Wildman–Crippen LogP) is 2.82. The lowest BCUT2D eigenvalue weighted by molar-refractivity contribution is 0.490. The number of halogens is 1. The van der Waals surface area contributed by atoms with E-state index in [9.17, 15) is 0 Å². The highest BCUT2D eigenvalue weighted by atomic mass is 127. The first-order chi connectivity index (χ1) is 6.09. The van der Waals surface area contributed by atoms with Gasteiger partial charge in [0, 0.05) is 9.61 Å². The zero-order valence-corrected chi connectivity index (χ0v) is 10.3. The second kappa shape index (κ2) is 4.96. The Bertz CT molecular complexity index is 253. The molecule has 1 unspecified atom stereocenters. The van der Waals surface area contributed by atoms with Gasteiger partial charge in [-0.15, -0.1) is 0 Å². The predicted molar refractivity (Wildman–Crippen MR) is 65.7 cm³/mol. The molecule has 0 saturated heterocycles. The minimum absolute atomic E-state index is 0.278. The van der Waals surface area contributed by atoms with Crippen molar-refractivity contribution in [2.24, 2.45) is 11.7 Å². The van der Waals surface area contributed by atoms with E-state index < -0.39 is 0 Å². The minimum Gasteiger partial charge on any atom is -0.327 e. The summed E-state index contributed by atoms with van der Waals surface area (Å²) in [6.07, 6.45) is 0.981. The van der Waals surface area contributed by atoms with E-state index in [0.29, 0.717) is 5.92 Å². The third-order valence-electron chi connectivity index (χ3n) is 2.24. The fourth-order valence-corrected chi connectivity index (χ4v) is 1.49. The van der Waals surface area contributed by atoms with Gasteiger partial charge < -0.3 is 5.73 Å². The molecular formula is C11H16IN. The van der Waals surface area contributed by atoms with E-state index in [4.69, 9.17) is 5.73 Å². The van der Waals surface area contributed by atoms with E-state index in [1.807, 2.05) is 0 Å². The van der Waals surface area contributed by atoms with E-state index in [0.717, 1.165) is 6.42 Å². The number of benzene rings is 1. The Labute approximate surface area is 93.9 Å². The highest BCUT2D eigenvalue weighted by Crippen LogP contribution is 2.11. The largest absolute Gasteiger partial charge is 0.327 e. The van der Waals surface area contributed by atoms with Crippen molar-refractivity contribution in [1.82, 2.24) is 0 Å². The second-order valence-electron chi connectivity index (χ2n) is 3.74. The van der Waals surface area contributed by atoms with Gasteiger partial charge in [-0.2, -0.15) is 0 Å². The molecule has 1 aromatic carbocycles. The molecule has 0 aromatic heterocycles. The summed E-state index contributed by atoms with van der Waals surface area (Å²) in [6, 6.07) is 8.85. The molecule has 0 bridgehead atoms. The van der Waals surface area contributed by atoms with E-state index in [1.54, 1.807) is 0 Å². The SMILES string of the molecule is CC(C)C(N)Cc1ccc(I)cc1. The van der Waals surface area contributed by atoms with Crippen LogP contribution in [0.4, 0.5) is 0 Å². The molecule has 2 N–H and O–H groups in total. The van der Waals surface area contributed by atoms with E-state index in [-0.39, 0.29) is 6.04 Å². The van der Waals surface area contributed by atoms with Crippen molar-refractivity contribution in [3.8, 4) is 0 Å². The summed E-state index contributed by atoms with van der Waals surface area (Å²) >= 11 is 2.31. The summed E-state index contributed by atoms with van der Waals surface area (Å²) in [5, 5.41) is 0. The molecule has 0 aliphatic rings. The van der Waals surface area contributed by atoms with Crippen LogP contribution in [-0.4, -0.2) is 6.04 Å². The van der Waals surface area contributed by atoms with Gasteiger partial charge in [0.25, 0.3) is 0 Å². The first kappa shape index (κ1) is 11.0. The topological polar surface area (TPSA) is 26.0 Å². The molecule has 1 aromatic rings. The first-order valence-corrected chi connectivity index (χ1v) is 5.67. The normalized spacial score (nSPS) is 13.3. The van der Waals surface area contributed by atoms with E-state index in [2.05, 4.69) is 60.7 Å². The van der Waals surface area contributed by atoms with Crippen molar-refractivity contribution >= 4 is 22.6 Å². The summed E-state index contributed by atoms with van der Waals surface area (Å²) in [4.78, 5) is 0. The van der Waals surface area contributed by atoms with Gasteiger partial charge in [-0.05, 0) is 52.6 Å². The van der Waals surface area contributed by atoms with Crippen LogP contribution in [0.3, 0.4) is 0 Å². The molecule has 0 spiro atoms. The quantitative estimate of drug-likeness (QED) is 0.851. The van der Waals surface area contributed by atoms with Gasteiger partial charge in [0.05, 0.1) is 0 Å². The third kappa shape index (κ3) is 3.65. The van der Waals surface area contributed by atoms with Gasteiger partial charge in [0.15, 0.2) is 0 Å². The molecular weight excluding hydrogens is 273 g/mol.